The molecule has 0 amide bonds. The molecule has 1 N–H and O–H groups in total. The van der Waals surface area contributed by atoms with Crippen molar-refractivity contribution in [3.8, 4) is 0 Å². The van der Waals surface area contributed by atoms with Crippen molar-refractivity contribution in [1.29, 1.82) is 0 Å². The molecule has 2 saturated heterocycles. The Labute approximate surface area is 116 Å². The molecule has 2 fully saturated rings. The summed E-state index contributed by atoms with van der Waals surface area (Å²) in [6.45, 7) is 5.68. The standard InChI is InChI=1S/C14H28N2OS/c1-17-8-7-16(14-5-3-9-18-12-14)11-13-4-2-6-15-10-13/h13-15H,2-12H2,1H3. The molecule has 106 valence electrons. The second-order valence-corrected chi connectivity index (χ2v) is 6.72. The summed E-state index contributed by atoms with van der Waals surface area (Å²) in [6.07, 6.45) is 5.52. The van der Waals surface area contributed by atoms with Crippen molar-refractivity contribution < 1.29 is 4.74 Å². The fourth-order valence-corrected chi connectivity index (χ4v) is 4.24. The van der Waals surface area contributed by atoms with Crippen LogP contribution >= 0.6 is 11.8 Å². The maximum absolute atomic E-state index is 5.29. The molecule has 0 aliphatic carbocycles. The zero-order valence-corrected chi connectivity index (χ0v) is 12.5. The quantitative estimate of drug-likeness (QED) is 0.797. The largest absolute Gasteiger partial charge is 0.383 e. The molecule has 18 heavy (non-hydrogen) atoms. The zero-order chi connectivity index (χ0) is 12.6. The van der Waals surface area contributed by atoms with Crippen molar-refractivity contribution >= 4 is 11.8 Å². The van der Waals surface area contributed by atoms with Crippen LogP contribution in [0.3, 0.4) is 0 Å². The van der Waals surface area contributed by atoms with Gasteiger partial charge in [-0.05, 0) is 50.4 Å². The van der Waals surface area contributed by atoms with E-state index in [1.54, 1.807) is 0 Å². The summed E-state index contributed by atoms with van der Waals surface area (Å²) < 4.78 is 5.29. The number of methoxy groups -OCH3 is 1. The molecule has 0 spiro atoms. The van der Waals surface area contributed by atoms with E-state index in [9.17, 15) is 0 Å². The van der Waals surface area contributed by atoms with Crippen LogP contribution in [0.15, 0.2) is 0 Å². The minimum atomic E-state index is 0.792. The van der Waals surface area contributed by atoms with Crippen molar-refractivity contribution in [1.82, 2.24) is 10.2 Å². The lowest BCUT2D eigenvalue weighted by atomic mass is 9.98. The molecule has 0 aromatic heterocycles. The second kappa shape index (κ2) is 8.41. The van der Waals surface area contributed by atoms with Gasteiger partial charge >= 0.3 is 0 Å². The van der Waals surface area contributed by atoms with Crippen LogP contribution in [0.25, 0.3) is 0 Å². The molecule has 3 nitrogen and oxygen atoms in total. The van der Waals surface area contributed by atoms with Gasteiger partial charge in [0.1, 0.15) is 0 Å². The number of ether oxygens (including phenoxy) is 1. The van der Waals surface area contributed by atoms with Crippen molar-refractivity contribution in [3.05, 3.63) is 0 Å². The van der Waals surface area contributed by atoms with Crippen LogP contribution in [-0.4, -0.2) is 62.3 Å². The van der Waals surface area contributed by atoms with Crippen molar-refractivity contribution in [2.45, 2.75) is 31.7 Å². The van der Waals surface area contributed by atoms with Gasteiger partial charge < -0.3 is 10.1 Å². The summed E-state index contributed by atoms with van der Waals surface area (Å²) in [5.41, 5.74) is 0. The van der Waals surface area contributed by atoms with Gasteiger partial charge in [-0.3, -0.25) is 4.90 Å². The van der Waals surface area contributed by atoms with E-state index in [1.807, 2.05) is 7.11 Å². The lowest BCUT2D eigenvalue weighted by Crippen LogP contribution is -2.46. The number of rotatable bonds is 6. The first-order chi connectivity index (χ1) is 8.90. The lowest BCUT2D eigenvalue weighted by molar-refractivity contribution is 0.103. The molecule has 0 saturated carbocycles. The molecule has 2 unspecified atom stereocenters. The van der Waals surface area contributed by atoms with Gasteiger partial charge in [-0.15, -0.1) is 0 Å². The van der Waals surface area contributed by atoms with E-state index < -0.39 is 0 Å². The first-order valence-electron chi connectivity index (χ1n) is 7.41. The minimum absolute atomic E-state index is 0.792. The molecule has 2 atom stereocenters. The predicted molar refractivity (Wildman–Crippen MR) is 79.4 cm³/mol. The van der Waals surface area contributed by atoms with Gasteiger partial charge in [0.05, 0.1) is 6.61 Å². The summed E-state index contributed by atoms with van der Waals surface area (Å²) in [5.74, 6) is 3.53. The Morgan fingerprint density at radius 1 is 1.33 bits per heavy atom. The third kappa shape index (κ3) is 4.72. The van der Waals surface area contributed by atoms with E-state index in [-0.39, 0.29) is 0 Å². The Kier molecular flexibility index (Phi) is 6.84. The summed E-state index contributed by atoms with van der Waals surface area (Å²) >= 11 is 2.13. The first-order valence-corrected chi connectivity index (χ1v) is 8.57. The molecule has 4 heteroatoms. The van der Waals surface area contributed by atoms with E-state index in [0.29, 0.717) is 0 Å². The Morgan fingerprint density at radius 3 is 2.94 bits per heavy atom. The summed E-state index contributed by atoms with van der Waals surface area (Å²) in [4.78, 5) is 2.70. The van der Waals surface area contributed by atoms with Crippen LogP contribution in [0.5, 0.6) is 0 Å². The fourth-order valence-electron chi connectivity index (χ4n) is 3.05. The highest BCUT2D eigenvalue weighted by molar-refractivity contribution is 7.99. The molecular weight excluding hydrogens is 244 g/mol. The molecule has 2 aliphatic rings. The molecule has 2 heterocycles. The van der Waals surface area contributed by atoms with Gasteiger partial charge in [0, 0.05) is 32.0 Å². The molecule has 2 aliphatic heterocycles. The third-order valence-electron chi connectivity index (χ3n) is 4.13. The molecule has 0 bridgehead atoms. The lowest BCUT2D eigenvalue weighted by Gasteiger charge is -2.37. The molecule has 2 rings (SSSR count). The number of nitrogens with zero attached hydrogens (tertiary/aromatic N) is 1. The van der Waals surface area contributed by atoms with E-state index in [1.165, 1.54) is 56.8 Å². The Hall–Kier alpha value is 0.230. The number of hydrogen-bond donors (Lipinski definition) is 1. The van der Waals surface area contributed by atoms with E-state index in [2.05, 4.69) is 22.0 Å². The normalized spacial score (nSPS) is 29.7. The van der Waals surface area contributed by atoms with Crippen LogP contribution in [0, 0.1) is 5.92 Å². The highest BCUT2D eigenvalue weighted by atomic mass is 32.2. The van der Waals surface area contributed by atoms with Gasteiger partial charge in [-0.1, -0.05) is 0 Å². The molecular formula is C14H28N2OS. The van der Waals surface area contributed by atoms with Gasteiger partial charge in [0.2, 0.25) is 0 Å². The maximum Gasteiger partial charge on any atom is 0.0589 e. The first kappa shape index (κ1) is 14.6. The molecule has 0 radical (unpaired) electrons. The SMILES string of the molecule is COCCN(CC1CCCNC1)C1CCCSC1. The smallest absolute Gasteiger partial charge is 0.0589 e. The zero-order valence-electron chi connectivity index (χ0n) is 11.7. The molecule has 0 aromatic rings. The third-order valence-corrected chi connectivity index (χ3v) is 5.32. The Morgan fingerprint density at radius 2 is 2.28 bits per heavy atom. The predicted octanol–water partition coefficient (Wildman–Crippen LogP) is 1.83. The van der Waals surface area contributed by atoms with Crippen molar-refractivity contribution in [3.63, 3.8) is 0 Å². The number of hydrogen-bond acceptors (Lipinski definition) is 4. The van der Waals surface area contributed by atoms with Gasteiger partial charge in [0.25, 0.3) is 0 Å². The highest BCUT2D eigenvalue weighted by Gasteiger charge is 2.24. The summed E-state index contributed by atoms with van der Waals surface area (Å²) in [5, 5.41) is 3.54. The number of piperidine rings is 1. The van der Waals surface area contributed by atoms with E-state index in [4.69, 9.17) is 4.74 Å². The monoisotopic (exact) mass is 272 g/mol. The van der Waals surface area contributed by atoms with Crippen LogP contribution in [0.1, 0.15) is 25.7 Å². The van der Waals surface area contributed by atoms with Crippen LogP contribution in [0.4, 0.5) is 0 Å². The minimum Gasteiger partial charge on any atom is -0.383 e. The maximum atomic E-state index is 5.29. The average molecular weight is 272 g/mol. The Bertz CT molecular complexity index is 216. The van der Waals surface area contributed by atoms with Crippen LogP contribution < -0.4 is 5.32 Å². The van der Waals surface area contributed by atoms with Gasteiger partial charge in [0.15, 0.2) is 0 Å². The fraction of sp³-hybridized carbons (Fsp3) is 1.00. The summed E-state index contributed by atoms with van der Waals surface area (Å²) in [7, 11) is 1.82. The Balaban J connectivity index is 1.82. The van der Waals surface area contributed by atoms with Crippen molar-refractivity contribution in [2.75, 3.05) is 51.4 Å². The van der Waals surface area contributed by atoms with Crippen LogP contribution in [0.2, 0.25) is 0 Å². The molecule has 0 aromatic carbocycles. The average Bonchev–Trinajstić information content (AvgIpc) is 2.45. The topological polar surface area (TPSA) is 24.5 Å². The van der Waals surface area contributed by atoms with Crippen molar-refractivity contribution in [2.24, 2.45) is 5.92 Å². The van der Waals surface area contributed by atoms with E-state index >= 15 is 0 Å². The van der Waals surface area contributed by atoms with Crippen LogP contribution in [-0.2, 0) is 4.74 Å². The second-order valence-electron chi connectivity index (χ2n) is 5.57. The van der Waals surface area contributed by atoms with Gasteiger partial charge in [-0.25, -0.2) is 0 Å². The number of thioether (sulfide) groups is 1. The summed E-state index contributed by atoms with van der Waals surface area (Å²) in [6, 6.07) is 0.792. The highest BCUT2D eigenvalue weighted by Crippen LogP contribution is 2.23. The van der Waals surface area contributed by atoms with Gasteiger partial charge in [-0.2, -0.15) is 11.8 Å². The van der Waals surface area contributed by atoms with E-state index in [0.717, 1.165) is 25.1 Å². The number of nitrogens with one attached hydrogen (secondary N) is 1.